The molecule has 22 heavy (non-hydrogen) atoms. The van der Waals surface area contributed by atoms with Gasteiger partial charge in [0.2, 0.25) is 0 Å². The highest BCUT2D eigenvalue weighted by Gasteiger charge is 2.28. The zero-order valence-corrected chi connectivity index (χ0v) is 13.7. The van der Waals surface area contributed by atoms with E-state index in [1.54, 1.807) is 19.1 Å². The number of rotatable bonds is 5. The number of nitrogens with zero attached hydrogens (tertiary/aromatic N) is 1. The molecule has 2 amide bonds. The van der Waals surface area contributed by atoms with Crippen LogP contribution < -0.4 is 10.1 Å². The molecule has 0 radical (unpaired) electrons. The molecule has 7 heteroatoms. The minimum atomic E-state index is -2.90. The molecule has 1 aromatic rings. The summed E-state index contributed by atoms with van der Waals surface area (Å²) in [7, 11) is 0.412. The van der Waals surface area contributed by atoms with Gasteiger partial charge >= 0.3 is 6.03 Å². The molecule has 0 unspecified atom stereocenters. The molecular weight excluding hydrogens is 304 g/mol. The molecule has 2 rings (SSSR count). The minimum Gasteiger partial charge on any atom is -0.497 e. The monoisotopic (exact) mass is 326 g/mol. The normalized spacial score (nSPS) is 19.6. The van der Waals surface area contributed by atoms with Gasteiger partial charge in [0.1, 0.15) is 5.75 Å². The number of sulfone groups is 1. The van der Waals surface area contributed by atoms with E-state index < -0.39 is 9.84 Å². The maximum Gasteiger partial charge on any atom is 0.317 e. The first-order valence-corrected chi connectivity index (χ1v) is 9.04. The second kappa shape index (κ2) is 7.00. The molecule has 0 aromatic heterocycles. The van der Waals surface area contributed by atoms with E-state index in [9.17, 15) is 13.2 Å². The number of hydrogen-bond donors (Lipinski definition) is 1. The van der Waals surface area contributed by atoms with Crippen molar-refractivity contribution in [1.82, 2.24) is 10.2 Å². The van der Waals surface area contributed by atoms with Crippen LogP contribution in [0.3, 0.4) is 0 Å². The summed E-state index contributed by atoms with van der Waals surface area (Å²) in [5, 5.41) is 2.80. The summed E-state index contributed by atoms with van der Waals surface area (Å²) < 4.78 is 27.9. The van der Waals surface area contributed by atoms with Gasteiger partial charge in [-0.1, -0.05) is 12.1 Å². The van der Waals surface area contributed by atoms with Gasteiger partial charge in [0, 0.05) is 20.1 Å². The summed E-state index contributed by atoms with van der Waals surface area (Å²) in [5.41, 5.74) is 0.973. The Labute approximate surface area is 131 Å². The number of nitrogens with one attached hydrogen (secondary N) is 1. The van der Waals surface area contributed by atoms with E-state index in [1.807, 2.05) is 24.3 Å². The zero-order chi connectivity index (χ0) is 16.2. The van der Waals surface area contributed by atoms with Crippen LogP contribution in [0.4, 0.5) is 4.79 Å². The molecule has 1 aliphatic heterocycles. The lowest BCUT2D eigenvalue weighted by Gasteiger charge is -2.19. The van der Waals surface area contributed by atoms with Crippen LogP contribution in [0, 0.1) is 5.92 Å². The van der Waals surface area contributed by atoms with E-state index >= 15 is 0 Å². The molecule has 1 aromatic carbocycles. The number of ether oxygens (including phenoxy) is 1. The Morgan fingerprint density at radius 2 is 2.23 bits per heavy atom. The Balaban J connectivity index is 1.82. The van der Waals surface area contributed by atoms with Crippen LogP contribution in [0.5, 0.6) is 5.75 Å². The van der Waals surface area contributed by atoms with Gasteiger partial charge in [-0.25, -0.2) is 13.2 Å². The van der Waals surface area contributed by atoms with Crippen LogP contribution >= 0.6 is 0 Å². The Morgan fingerprint density at radius 1 is 1.45 bits per heavy atom. The number of urea groups is 1. The van der Waals surface area contributed by atoms with E-state index in [1.165, 1.54) is 0 Å². The van der Waals surface area contributed by atoms with Crippen LogP contribution in [0.25, 0.3) is 0 Å². The van der Waals surface area contributed by atoms with E-state index in [0.717, 1.165) is 11.3 Å². The van der Waals surface area contributed by atoms with Crippen LogP contribution in [-0.2, 0) is 16.4 Å². The Morgan fingerprint density at radius 3 is 2.86 bits per heavy atom. The highest BCUT2D eigenvalue weighted by atomic mass is 32.2. The van der Waals surface area contributed by atoms with Gasteiger partial charge in [-0.15, -0.1) is 0 Å². The molecule has 1 aliphatic rings. The fraction of sp³-hybridized carbons (Fsp3) is 0.533. The van der Waals surface area contributed by atoms with E-state index in [4.69, 9.17) is 4.74 Å². The maximum atomic E-state index is 12.1. The first kappa shape index (κ1) is 16.6. The molecule has 1 saturated heterocycles. The molecule has 1 fully saturated rings. The van der Waals surface area contributed by atoms with Crippen molar-refractivity contribution in [2.24, 2.45) is 5.92 Å². The van der Waals surface area contributed by atoms with Gasteiger partial charge in [0.25, 0.3) is 0 Å². The SMILES string of the molecule is COc1cccc(CN(C)C(=O)NC[C@@H]2CCS(=O)(=O)C2)c1. The lowest BCUT2D eigenvalue weighted by Crippen LogP contribution is -2.39. The van der Waals surface area contributed by atoms with Gasteiger partial charge < -0.3 is 15.0 Å². The molecule has 1 atom stereocenters. The maximum absolute atomic E-state index is 12.1. The van der Waals surface area contributed by atoms with Gasteiger partial charge in [-0.3, -0.25) is 0 Å². The van der Waals surface area contributed by atoms with Crippen molar-refractivity contribution < 1.29 is 17.9 Å². The Hall–Kier alpha value is -1.76. The molecule has 0 bridgehead atoms. The van der Waals surface area contributed by atoms with Gasteiger partial charge in [-0.2, -0.15) is 0 Å². The van der Waals surface area contributed by atoms with E-state index in [0.29, 0.717) is 19.5 Å². The van der Waals surface area contributed by atoms with Crippen LogP contribution in [0.15, 0.2) is 24.3 Å². The predicted molar refractivity (Wildman–Crippen MR) is 84.6 cm³/mol. The third-order valence-electron chi connectivity index (χ3n) is 3.77. The highest BCUT2D eigenvalue weighted by molar-refractivity contribution is 7.91. The third kappa shape index (κ3) is 4.62. The van der Waals surface area contributed by atoms with Crippen molar-refractivity contribution in [2.45, 2.75) is 13.0 Å². The Bertz CT molecular complexity index is 630. The van der Waals surface area contributed by atoms with Gasteiger partial charge in [-0.05, 0) is 30.0 Å². The van der Waals surface area contributed by atoms with Gasteiger partial charge in [0.05, 0.1) is 18.6 Å². The van der Waals surface area contributed by atoms with E-state index in [2.05, 4.69) is 5.32 Å². The topological polar surface area (TPSA) is 75.7 Å². The quantitative estimate of drug-likeness (QED) is 0.884. The summed E-state index contributed by atoms with van der Waals surface area (Å²) >= 11 is 0. The summed E-state index contributed by atoms with van der Waals surface area (Å²) in [6.07, 6.45) is 0.627. The van der Waals surface area contributed by atoms with Crippen molar-refractivity contribution in [2.75, 3.05) is 32.2 Å². The highest BCUT2D eigenvalue weighted by Crippen LogP contribution is 2.17. The molecule has 122 valence electrons. The molecule has 1 heterocycles. The van der Waals surface area contributed by atoms with Crippen molar-refractivity contribution in [1.29, 1.82) is 0 Å². The summed E-state index contributed by atoms with van der Waals surface area (Å²) in [4.78, 5) is 13.6. The van der Waals surface area contributed by atoms with Crippen molar-refractivity contribution >= 4 is 15.9 Å². The van der Waals surface area contributed by atoms with Crippen LogP contribution in [0.1, 0.15) is 12.0 Å². The van der Waals surface area contributed by atoms with E-state index in [-0.39, 0.29) is 23.5 Å². The standard InChI is InChI=1S/C15H22N2O4S/c1-17(10-12-4-3-5-14(8-12)21-2)15(18)16-9-13-6-7-22(19,20)11-13/h3-5,8,13H,6-7,9-11H2,1-2H3,(H,16,18)/t13-/m0/s1. The molecular formula is C15H22N2O4S. The molecule has 0 spiro atoms. The number of methoxy groups -OCH3 is 1. The number of benzene rings is 1. The van der Waals surface area contributed by atoms with Crippen molar-refractivity contribution in [3.8, 4) is 5.75 Å². The van der Waals surface area contributed by atoms with Gasteiger partial charge in [0.15, 0.2) is 9.84 Å². The largest absolute Gasteiger partial charge is 0.497 e. The molecule has 0 saturated carbocycles. The van der Waals surface area contributed by atoms with Crippen molar-refractivity contribution in [3.05, 3.63) is 29.8 Å². The molecule has 1 N–H and O–H groups in total. The smallest absolute Gasteiger partial charge is 0.317 e. The lowest BCUT2D eigenvalue weighted by molar-refractivity contribution is 0.205. The summed E-state index contributed by atoms with van der Waals surface area (Å²) in [6.45, 7) is 0.868. The number of carbonyl (C=O) groups is 1. The average molecular weight is 326 g/mol. The second-order valence-corrected chi connectivity index (χ2v) is 7.89. The average Bonchev–Trinajstić information content (AvgIpc) is 2.84. The fourth-order valence-electron chi connectivity index (χ4n) is 2.52. The summed E-state index contributed by atoms with van der Waals surface area (Å²) in [6, 6.07) is 7.34. The molecule has 0 aliphatic carbocycles. The number of carbonyl (C=O) groups excluding carboxylic acids is 1. The predicted octanol–water partition coefficient (Wildman–Crippen LogP) is 1.27. The fourth-order valence-corrected chi connectivity index (χ4v) is 4.38. The number of amides is 2. The summed E-state index contributed by atoms with van der Waals surface area (Å²) in [5.74, 6) is 1.18. The minimum absolute atomic E-state index is 0.0270. The van der Waals surface area contributed by atoms with Crippen molar-refractivity contribution in [3.63, 3.8) is 0 Å². The zero-order valence-electron chi connectivity index (χ0n) is 12.9. The Kier molecular flexibility index (Phi) is 5.28. The first-order chi connectivity index (χ1) is 10.4. The first-order valence-electron chi connectivity index (χ1n) is 7.22. The second-order valence-electron chi connectivity index (χ2n) is 5.66. The van der Waals surface area contributed by atoms with Crippen LogP contribution in [0.2, 0.25) is 0 Å². The molecule has 6 nitrogen and oxygen atoms in total. The number of hydrogen-bond acceptors (Lipinski definition) is 4. The van der Waals surface area contributed by atoms with Crippen LogP contribution in [-0.4, -0.2) is 51.6 Å². The lowest BCUT2D eigenvalue weighted by atomic mass is 10.1. The third-order valence-corrected chi connectivity index (χ3v) is 5.61.